The van der Waals surface area contributed by atoms with Crippen molar-refractivity contribution in [3.05, 3.63) is 0 Å². The van der Waals surface area contributed by atoms with Crippen molar-refractivity contribution in [1.82, 2.24) is 0 Å². The third-order valence-corrected chi connectivity index (χ3v) is 1.32. The summed E-state index contributed by atoms with van der Waals surface area (Å²) in [7, 11) is 2.99. The number of nitrogens with zero attached hydrogens (tertiary/aromatic N) is 1. The third kappa shape index (κ3) is 6.12. The third-order valence-electron chi connectivity index (χ3n) is 1.32. The van der Waals surface area contributed by atoms with Gasteiger partial charge in [-0.1, -0.05) is 0 Å². The van der Waals surface area contributed by atoms with Crippen LogP contribution in [0.5, 0.6) is 0 Å². The monoisotopic (exact) mass is 179 g/mol. The quantitative estimate of drug-likeness (QED) is 0.612. The largest absolute Gasteiger partial charge is 0.481 e. The maximum atomic E-state index is 10.5. The number of carboxylic acids is 1. The van der Waals surface area contributed by atoms with Gasteiger partial charge in [-0.15, -0.1) is 0 Å². The number of methoxy groups -OCH3 is 1. The van der Waals surface area contributed by atoms with E-state index >= 15 is 0 Å². The first-order chi connectivity index (χ1) is 6.49. The molecule has 4 heteroatoms. The predicted octanol–water partition coefficient (Wildman–Crippen LogP) is 0.182. The van der Waals surface area contributed by atoms with Crippen LogP contribution in [0.2, 0.25) is 0 Å². The first kappa shape index (κ1) is 6.86. The summed E-state index contributed by atoms with van der Waals surface area (Å²) >= 11 is 0. The molecule has 72 valence electrons. The van der Waals surface area contributed by atoms with E-state index < -0.39 is 19.1 Å². The van der Waals surface area contributed by atoms with Gasteiger partial charge in [0.1, 0.15) is 12.6 Å². The lowest BCUT2D eigenvalue weighted by molar-refractivity contribution is -0.873. The van der Waals surface area contributed by atoms with Crippen LogP contribution in [-0.2, 0) is 9.53 Å². The Kier molecular flexibility index (Phi) is 2.53. The Labute approximate surface area is 77.5 Å². The van der Waals surface area contributed by atoms with Crippen LogP contribution in [-0.4, -0.2) is 56.4 Å². The molecule has 1 unspecified atom stereocenters. The molecule has 0 aliphatic carbocycles. The zero-order valence-electron chi connectivity index (χ0n) is 10.7. The molecule has 0 amide bonds. The van der Waals surface area contributed by atoms with Crippen LogP contribution in [0.3, 0.4) is 0 Å². The Morgan fingerprint density at radius 3 is 2.58 bits per heavy atom. The molecule has 0 fully saturated rings. The molecule has 12 heavy (non-hydrogen) atoms. The van der Waals surface area contributed by atoms with Gasteiger partial charge in [-0.05, 0) is 0 Å². The predicted molar refractivity (Wildman–Crippen MR) is 45.9 cm³/mol. The molecule has 0 aromatic rings. The van der Waals surface area contributed by atoms with Crippen molar-refractivity contribution in [3.63, 3.8) is 0 Å². The van der Waals surface area contributed by atoms with Gasteiger partial charge in [0.15, 0.2) is 0 Å². The van der Waals surface area contributed by atoms with E-state index in [1.165, 1.54) is 0 Å². The molecule has 4 nitrogen and oxygen atoms in total. The van der Waals surface area contributed by atoms with Crippen molar-refractivity contribution < 1.29 is 23.2 Å². The molecule has 0 aromatic heterocycles. The van der Waals surface area contributed by atoms with E-state index in [9.17, 15) is 4.79 Å². The van der Waals surface area contributed by atoms with E-state index in [1.807, 2.05) is 21.1 Å². The van der Waals surface area contributed by atoms with Gasteiger partial charge in [0.2, 0.25) is 0 Å². The Balaban J connectivity index is 4.39. The molecule has 0 rings (SSSR count). The van der Waals surface area contributed by atoms with Crippen molar-refractivity contribution in [3.8, 4) is 0 Å². The Bertz CT molecular complexity index is 206. The second-order valence-electron chi connectivity index (χ2n) is 3.81. The summed E-state index contributed by atoms with van der Waals surface area (Å²) in [6.07, 6.45) is -1.09. The Morgan fingerprint density at radius 1 is 1.67 bits per heavy atom. The maximum absolute atomic E-state index is 10.5. The fourth-order valence-electron chi connectivity index (χ4n) is 0.949. The lowest BCUT2D eigenvalue weighted by atomic mass is 10.2. The first-order valence-electron chi connectivity index (χ1n) is 5.20. The summed E-state index contributed by atoms with van der Waals surface area (Å²) in [5.74, 6) is -1.06. The molecule has 0 heterocycles. The number of likely N-dealkylation sites (N-methyl/N-ethyl adjacent to an activating group) is 1. The fourth-order valence-corrected chi connectivity index (χ4v) is 0.949. The van der Waals surface area contributed by atoms with E-state index in [0.717, 1.165) is 0 Å². The highest BCUT2D eigenvalue weighted by Crippen LogP contribution is 2.02. The second-order valence-corrected chi connectivity index (χ2v) is 3.81. The van der Waals surface area contributed by atoms with Gasteiger partial charge in [0, 0.05) is 7.04 Å². The summed E-state index contributed by atoms with van der Waals surface area (Å²) in [6.45, 7) is 0.338. The van der Waals surface area contributed by atoms with Crippen molar-refractivity contribution in [2.24, 2.45) is 0 Å². The molecule has 1 atom stereocenters. The molecular formula is C8H18NO3+. The van der Waals surface area contributed by atoms with Gasteiger partial charge in [0.25, 0.3) is 0 Å². The van der Waals surface area contributed by atoms with Gasteiger partial charge in [-0.3, -0.25) is 4.79 Å². The number of rotatable bonds is 5. The molecule has 1 N–H and O–H groups in total. The van der Waals surface area contributed by atoms with Crippen LogP contribution in [0.15, 0.2) is 0 Å². The number of ether oxygens (including phenoxy) is 1. The number of carbonyl (C=O) groups is 1. The Hall–Kier alpha value is -0.610. The van der Waals surface area contributed by atoms with E-state index in [-0.39, 0.29) is 6.42 Å². The number of carboxylic acid groups (broad SMARTS) is 1. The van der Waals surface area contributed by atoms with Crippen molar-refractivity contribution in [2.75, 3.05) is 34.7 Å². The standard InChI is InChI=1S/C8H17NO3/c1-9(2,3)6-7(12-4)5-8(10)11/h7H,5-6H2,1-4H3/p+1/i4D3. The summed E-state index contributed by atoms with van der Waals surface area (Å²) < 4.78 is 26.0. The molecule has 0 aromatic carbocycles. The molecule has 0 saturated carbocycles. The molecule has 0 aliphatic rings. The van der Waals surface area contributed by atoms with Crippen molar-refractivity contribution in [2.45, 2.75) is 12.5 Å². The zero-order chi connectivity index (χ0) is 12.3. The number of quaternary nitrogens is 1. The van der Waals surface area contributed by atoms with Crippen LogP contribution in [0.1, 0.15) is 10.5 Å². The summed E-state index contributed by atoms with van der Waals surface area (Å²) in [5.41, 5.74) is 0. The van der Waals surface area contributed by atoms with Crippen molar-refractivity contribution >= 4 is 5.97 Å². The number of hydrogen-bond acceptors (Lipinski definition) is 2. The van der Waals surface area contributed by atoms with E-state index in [1.54, 1.807) is 0 Å². The molecular weight excluding hydrogens is 158 g/mol. The van der Waals surface area contributed by atoms with E-state index in [0.29, 0.717) is 11.0 Å². The minimum Gasteiger partial charge on any atom is -0.481 e. The number of aliphatic carboxylic acids is 1. The lowest BCUT2D eigenvalue weighted by Gasteiger charge is -2.27. The highest BCUT2D eigenvalue weighted by atomic mass is 16.5. The van der Waals surface area contributed by atoms with Gasteiger partial charge >= 0.3 is 5.97 Å². The van der Waals surface area contributed by atoms with E-state index in [4.69, 9.17) is 14.0 Å². The van der Waals surface area contributed by atoms with Crippen LogP contribution < -0.4 is 0 Å². The topological polar surface area (TPSA) is 46.5 Å². The SMILES string of the molecule is [2H]C([2H])([2H])OC(CC(=O)O)C[N+](C)(C)C. The van der Waals surface area contributed by atoms with Gasteiger partial charge < -0.3 is 14.3 Å². The molecule has 0 aliphatic heterocycles. The maximum Gasteiger partial charge on any atom is 0.306 e. The number of hydrogen-bond donors (Lipinski definition) is 1. The molecule has 0 saturated heterocycles. The lowest BCUT2D eigenvalue weighted by Crippen LogP contribution is -2.42. The van der Waals surface area contributed by atoms with Gasteiger partial charge in [-0.25, -0.2) is 0 Å². The average molecular weight is 179 g/mol. The summed E-state index contributed by atoms with van der Waals surface area (Å²) in [5, 5.41) is 8.61. The zero-order valence-corrected chi connectivity index (χ0v) is 7.70. The minimum atomic E-state index is -2.55. The molecule has 0 radical (unpaired) electrons. The Morgan fingerprint density at radius 2 is 2.25 bits per heavy atom. The first-order valence-corrected chi connectivity index (χ1v) is 3.70. The van der Waals surface area contributed by atoms with Crippen LogP contribution in [0.4, 0.5) is 0 Å². The van der Waals surface area contributed by atoms with Crippen LogP contribution >= 0.6 is 0 Å². The van der Waals surface area contributed by atoms with Gasteiger partial charge in [0.05, 0.1) is 31.7 Å². The van der Waals surface area contributed by atoms with Gasteiger partial charge in [-0.2, -0.15) is 0 Å². The highest BCUT2D eigenvalue weighted by Gasteiger charge is 2.19. The molecule has 0 bridgehead atoms. The smallest absolute Gasteiger partial charge is 0.306 e. The van der Waals surface area contributed by atoms with Crippen LogP contribution in [0.25, 0.3) is 0 Å². The fraction of sp³-hybridized carbons (Fsp3) is 0.875. The normalized spacial score (nSPS) is 19.1. The summed E-state index contributed by atoms with van der Waals surface area (Å²) in [4.78, 5) is 10.5. The minimum absolute atomic E-state index is 0.298. The van der Waals surface area contributed by atoms with Crippen LogP contribution in [0, 0.1) is 0 Å². The van der Waals surface area contributed by atoms with Crippen molar-refractivity contribution in [1.29, 1.82) is 0 Å². The van der Waals surface area contributed by atoms with E-state index in [2.05, 4.69) is 0 Å². The highest BCUT2D eigenvalue weighted by molar-refractivity contribution is 5.67. The second kappa shape index (κ2) is 4.42. The summed E-state index contributed by atoms with van der Waals surface area (Å²) in [6, 6.07) is 0. The molecule has 0 spiro atoms. The average Bonchev–Trinajstić information content (AvgIpc) is 1.73.